The minimum absolute atomic E-state index is 0.395. The highest BCUT2D eigenvalue weighted by molar-refractivity contribution is 5.81. The SMILES string of the molecule is CCCCCC(O)C(C)(F)/C=C/C(=O)OC. The van der Waals surface area contributed by atoms with E-state index in [1.54, 1.807) is 0 Å². The highest BCUT2D eigenvalue weighted by atomic mass is 19.1. The number of carbonyl (C=O) groups excluding carboxylic acids is 1. The highest BCUT2D eigenvalue weighted by Crippen LogP contribution is 2.22. The summed E-state index contributed by atoms with van der Waals surface area (Å²) >= 11 is 0. The summed E-state index contributed by atoms with van der Waals surface area (Å²) in [6, 6.07) is 0. The molecule has 16 heavy (non-hydrogen) atoms. The summed E-state index contributed by atoms with van der Waals surface area (Å²) in [4.78, 5) is 10.8. The summed E-state index contributed by atoms with van der Waals surface area (Å²) in [5.41, 5.74) is -1.89. The third-order valence-corrected chi connectivity index (χ3v) is 2.48. The molecule has 0 saturated carbocycles. The maximum Gasteiger partial charge on any atom is 0.330 e. The Morgan fingerprint density at radius 1 is 1.56 bits per heavy atom. The van der Waals surface area contributed by atoms with E-state index in [1.165, 1.54) is 14.0 Å². The molecule has 94 valence electrons. The Labute approximate surface area is 96.3 Å². The first-order valence-electron chi connectivity index (χ1n) is 5.58. The molecule has 1 N–H and O–H groups in total. The molecule has 0 aliphatic heterocycles. The lowest BCUT2D eigenvalue weighted by atomic mass is 9.95. The maximum atomic E-state index is 13.9. The molecule has 0 aromatic heterocycles. The van der Waals surface area contributed by atoms with E-state index < -0.39 is 17.7 Å². The smallest absolute Gasteiger partial charge is 0.330 e. The van der Waals surface area contributed by atoms with Gasteiger partial charge >= 0.3 is 5.97 Å². The molecule has 0 spiro atoms. The van der Waals surface area contributed by atoms with Crippen LogP contribution in [-0.4, -0.2) is 30.0 Å². The number of halogens is 1. The Morgan fingerprint density at radius 3 is 2.69 bits per heavy atom. The molecule has 2 atom stereocenters. The average Bonchev–Trinajstić information content (AvgIpc) is 2.26. The predicted molar refractivity (Wildman–Crippen MR) is 60.8 cm³/mol. The van der Waals surface area contributed by atoms with Crippen LogP contribution in [0.2, 0.25) is 0 Å². The second-order valence-electron chi connectivity index (χ2n) is 4.02. The van der Waals surface area contributed by atoms with Crippen molar-refractivity contribution in [1.82, 2.24) is 0 Å². The number of carbonyl (C=O) groups is 1. The van der Waals surface area contributed by atoms with Gasteiger partial charge in [-0.3, -0.25) is 0 Å². The first-order chi connectivity index (χ1) is 7.44. The number of ether oxygens (including phenoxy) is 1. The van der Waals surface area contributed by atoms with Crippen molar-refractivity contribution >= 4 is 5.97 Å². The normalized spacial score (nSPS) is 17.1. The summed E-state index contributed by atoms with van der Waals surface area (Å²) in [5.74, 6) is -0.621. The van der Waals surface area contributed by atoms with Crippen LogP contribution in [0.3, 0.4) is 0 Å². The lowest BCUT2D eigenvalue weighted by Gasteiger charge is -2.22. The molecule has 4 heteroatoms. The van der Waals surface area contributed by atoms with Crippen LogP contribution in [0.4, 0.5) is 4.39 Å². The Hall–Kier alpha value is -0.900. The Balaban J connectivity index is 4.18. The number of aliphatic hydroxyl groups excluding tert-OH is 1. The van der Waals surface area contributed by atoms with Gasteiger partial charge in [-0.15, -0.1) is 0 Å². The molecule has 0 rings (SSSR count). The molecule has 0 radical (unpaired) electrons. The third kappa shape index (κ3) is 5.85. The molecule has 0 heterocycles. The summed E-state index contributed by atoms with van der Waals surface area (Å²) in [5, 5.41) is 9.61. The molecule has 0 aliphatic carbocycles. The largest absolute Gasteiger partial charge is 0.466 e. The number of esters is 1. The number of hydrogen-bond acceptors (Lipinski definition) is 3. The van der Waals surface area contributed by atoms with Gasteiger partial charge in [-0.2, -0.15) is 0 Å². The van der Waals surface area contributed by atoms with Crippen molar-refractivity contribution in [3.63, 3.8) is 0 Å². The van der Waals surface area contributed by atoms with Gasteiger partial charge in [0.1, 0.15) is 0 Å². The summed E-state index contributed by atoms with van der Waals surface area (Å²) in [6.45, 7) is 3.29. The molecule has 0 aromatic rings. The summed E-state index contributed by atoms with van der Waals surface area (Å²) in [7, 11) is 1.22. The summed E-state index contributed by atoms with van der Waals surface area (Å²) in [6.07, 6.45) is 4.13. The predicted octanol–water partition coefficient (Wildman–Crippen LogP) is 2.39. The fraction of sp³-hybridized carbons (Fsp3) is 0.750. The quantitative estimate of drug-likeness (QED) is 0.416. The molecule has 0 bridgehead atoms. The van der Waals surface area contributed by atoms with Crippen LogP contribution in [0.15, 0.2) is 12.2 Å². The molecule has 0 fully saturated rings. The Bertz CT molecular complexity index is 236. The molecular formula is C12H21FO3. The first-order valence-corrected chi connectivity index (χ1v) is 5.58. The molecular weight excluding hydrogens is 211 g/mol. The summed E-state index contributed by atoms with van der Waals surface area (Å²) < 4.78 is 18.2. The lowest BCUT2D eigenvalue weighted by Crippen LogP contribution is -2.32. The van der Waals surface area contributed by atoms with Crippen LogP contribution in [0.25, 0.3) is 0 Å². The topological polar surface area (TPSA) is 46.5 Å². The molecule has 0 aliphatic rings. The first kappa shape index (κ1) is 15.1. The molecule has 3 nitrogen and oxygen atoms in total. The van der Waals surface area contributed by atoms with E-state index in [-0.39, 0.29) is 0 Å². The van der Waals surface area contributed by atoms with E-state index in [4.69, 9.17) is 0 Å². The minimum Gasteiger partial charge on any atom is -0.466 e. The second kappa shape index (κ2) is 7.39. The van der Waals surface area contributed by atoms with Gasteiger partial charge in [0, 0.05) is 6.08 Å². The standard InChI is InChI=1S/C12H21FO3/c1-4-5-6-7-10(14)12(2,13)9-8-11(15)16-3/h8-10,14H,4-7H2,1-3H3/b9-8+. The third-order valence-electron chi connectivity index (χ3n) is 2.48. The van der Waals surface area contributed by atoms with Gasteiger partial charge < -0.3 is 9.84 Å². The van der Waals surface area contributed by atoms with Crippen molar-refractivity contribution in [2.75, 3.05) is 7.11 Å². The maximum absolute atomic E-state index is 13.9. The lowest BCUT2D eigenvalue weighted by molar-refractivity contribution is -0.134. The van der Waals surface area contributed by atoms with Gasteiger partial charge in [0.05, 0.1) is 13.2 Å². The van der Waals surface area contributed by atoms with Crippen molar-refractivity contribution in [3.8, 4) is 0 Å². The van der Waals surface area contributed by atoms with E-state index >= 15 is 0 Å². The Kier molecular flexibility index (Phi) is 6.97. The van der Waals surface area contributed by atoms with E-state index in [0.717, 1.165) is 31.4 Å². The average molecular weight is 232 g/mol. The van der Waals surface area contributed by atoms with Crippen LogP contribution in [0, 0.1) is 0 Å². The zero-order valence-electron chi connectivity index (χ0n) is 10.2. The van der Waals surface area contributed by atoms with Crippen molar-refractivity contribution in [2.24, 2.45) is 0 Å². The van der Waals surface area contributed by atoms with Gasteiger partial charge in [-0.1, -0.05) is 26.2 Å². The number of aliphatic hydroxyl groups is 1. The monoisotopic (exact) mass is 232 g/mol. The number of rotatable bonds is 7. The molecule has 0 saturated heterocycles. The van der Waals surface area contributed by atoms with Gasteiger partial charge in [-0.25, -0.2) is 9.18 Å². The van der Waals surface area contributed by atoms with Crippen LogP contribution in [0.1, 0.15) is 39.5 Å². The van der Waals surface area contributed by atoms with E-state index in [2.05, 4.69) is 4.74 Å². The van der Waals surface area contributed by atoms with Crippen molar-refractivity contribution in [1.29, 1.82) is 0 Å². The zero-order chi connectivity index (χ0) is 12.6. The van der Waals surface area contributed by atoms with Crippen LogP contribution >= 0.6 is 0 Å². The van der Waals surface area contributed by atoms with Crippen LogP contribution < -0.4 is 0 Å². The fourth-order valence-electron chi connectivity index (χ4n) is 1.28. The number of methoxy groups -OCH3 is 1. The molecule has 0 aromatic carbocycles. The van der Waals surface area contributed by atoms with Crippen molar-refractivity contribution < 1.29 is 19.0 Å². The van der Waals surface area contributed by atoms with E-state index in [1.807, 2.05) is 6.92 Å². The van der Waals surface area contributed by atoms with Crippen molar-refractivity contribution in [2.45, 2.75) is 51.3 Å². The number of unbranched alkanes of at least 4 members (excludes halogenated alkanes) is 2. The highest BCUT2D eigenvalue weighted by Gasteiger charge is 2.29. The number of hydrogen-bond donors (Lipinski definition) is 1. The Morgan fingerprint density at radius 2 is 2.19 bits per heavy atom. The van der Waals surface area contributed by atoms with E-state index in [0.29, 0.717) is 6.42 Å². The minimum atomic E-state index is -1.89. The van der Waals surface area contributed by atoms with Gasteiger partial charge in [0.25, 0.3) is 0 Å². The van der Waals surface area contributed by atoms with Crippen molar-refractivity contribution in [3.05, 3.63) is 12.2 Å². The second-order valence-corrected chi connectivity index (χ2v) is 4.02. The van der Waals surface area contributed by atoms with Gasteiger partial charge in [0.2, 0.25) is 0 Å². The van der Waals surface area contributed by atoms with Crippen LogP contribution in [-0.2, 0) is 9.53 Å². The number of alkyl halides is 1. The fourth-order valence-corrected chi connectivity index (χ4v) is 1.28. The molecule has 2 unspecified atom stereocenters. The molecule has 0 amide bonds. The van der Waals surface area contributed by atoms with Crippen LogP contribution in [0.5, 0.6) is 0 Å². The van der Waals surface area contributed by atoms with E-state index in [9.17, 15) is 14.3 Å². The van der Waals surface area contributed by atoms with Gasteiger partial charge in [-0.05, 0) is 19.4 Å². The van der Waals surface area contributed by atoms with Gasteiger partial charge in [0.15, 0.2) is 5.67 Å². The zero-order valence-corrected chi connectivity index (χ0v) is 10.2.